The van der Waals surface area contributed by atoms with Gasteiger partial charge in [0.25, 0.3) is 0 Å². The van der Waals surface area contributed by atoms with E-state index in [1.54, 1.807) is 18.2 Å². The Kier molecular flexibility index (Phi) is 1.58. The molecule has 0 saturated carbocycles. The molecule has 0 amide bonds. The van der Waals surface area contributed by atoms with Crippen molar-refractivity contribution in [1.29, 1.82) is 0 Å². The van der Waals surface area contributed by atoms with Crippen LogP contribution < -0.4 is 0 Å². The maximum absolute atomic E-state index is 10.6. The van der Waals surface area contributed by atoms with Crippen LogP contribution in [0.15, 0.2) is 18.2 Å². The molecule has 0 aliphatic carbocycles. The summed E-state index contributed by atoms with van der Waals surface area (Å²) in [5, 5.41) is 0. The normalized spacial score (nSPS) is 9.00. The van der Waals surface area contributed by atoms with Crippen LogP contribution in [0.2, 0.25) is 0 Å². The number of Topliss-reactive ketones (excluding diaryl/α,β-unsaturated/α-hetero) is 1. The Morgan fingerprint density at radius 3 is 2.89 bits per heavy atom. The van der Waals surface area contributed by atoms with Gasteiger partial charge in [-0.2, -0.15) is 0 Å². The van der Waals surface area contributed by atoms with E-state index in [4.69, 9.17) is 0 Å². The first-order valence-corrected chi connectivity index (χ1v) is 2.65. The zero-order valence-corrected chi connectivity index (χ0v) is 5.09. The average molecular weight is 120 g/mol. The summed E-state index contributed by atoms with van der Waals surface area (Å²) in [7, 11) is 0. The Bertz CT molecular complexity index is 205. The van der Waals surface area contributed by atoms with Gasteiger partial charge < -0.3 is 0 Å². The van der Waals surface area contributed by atoms with Crippen LogP contribution in [-0.4, -0.2) is 10.8 Å². The minimum absolute atomic E-state index is 0.0214. The van der Waals surface area contributed by atoms with E-state index >= 15 is 0 Å². The first-order chi connectivity index (χ1) is 4.30. The van der Waals surface area contributed by atoms with Crippen LogP contribution in [0, 0.1) is 6.20 Å². The predicted molar refractivity (Wildman–Crippen MR) is 33.1 cm³/mol. The third-order valence-corrected chi connectivity index (χ3v) is 0.971. The molecule has 0 saturated heterocycles. The van der Waals surface area contributed by atoms with Gasteiger partial charge in [0.15, 0.2) is 5.78 Å². The molecule has 0 fully saturated rings. The highest BCUT2D eigenvalue weighted by Crippen LogP contribution is 1.91. The Hall–Kier alpha value is -1.18. The fourth-order valence-corrected chi connectivity index (χ4v) is 0.522. The van der Waals surface area contributed by atoms with Gasteiger partial charge in [-0.3, -0.25) is 4.79 Å². The lowest BCUT2D eigenvalue weighted by Crippen LogP contribution is -1.93. The summed E-state index contributed by atoms with van der Waals surface area (Å²) in [5.74, 6) is -0.0214. The van der Waals surface area contributed by atoms with Crippen LogP contribution in [0.25, 0.3) is 0 Å². The average Bonchev–Trinajstić information content (AvgIpc) is 1.90. The molecular weight excluding hydrogens is 114 g/mol. The van der Waals surface area contributed by atoms with Gasteiger partial charge in [0.1, 0.15) is 5.69 Å². The van der Waals surface area contributed by atoms with E-state index in [1.165, 1.54) is 6.92 Å². The van der Waals surface area contributed by atoms with Crippen LogP contribution in [-0.2, 0) is 0 Å². The van der Waals surface area contributed by atoms with E-state index in [0.717, 1.165) is 0 Å². The van der Waals surface area contributed by atoms with Crippen LogP contribution in [0.3, 0.4) is 0 Å². The number of nitrogens with zero attached hydrogens (tertiary/aromatic N) is 1. The maximum Gasteiger partial charge on any atom is 0.178 e. The molecule has 1 aromatic heterocycles. The lowest BCUT2D eigenvalue weighted by Gasteiger charge is -1.87. The summed E-state index contributed by atoms with van der Waals surface area (Å²) in [6.07, 6.45) is 2.57. The molecule has 2 heteroatoms. The van der Waals surface area contributed by atoms with E-state index in [0.29, 0.717) is 5.69 Å². The molecule has 0 unspecified atom stereocenters. The highest BCUT2D eigenvalue weighted by molar-refractivity contribution is 5.91. The second-order valence-electron chi connectivity index (χ2n) is 1.71. The van der Waals surface area contributed by atoms with Gasteiger partial charge in [-0.1, -0.05) is 6.07 Å². The van der Waals surface area contributed by atoms with E-state index < -0.39 is 0 Å². The van der Waals surface area contributed by atoms with E-state index in [-0.39, 0.29) is 5.78 Å². The SMILES string of the molecule is CC(=O)c1ccc[c]n1. The van der Waals surface area contributed by atoms with Gasteiger partial charge >= 0.3 is 0 Å². The summed E-state index contributed by atoms with van der Waals surface area (Å²) >= 11 is 0. The Morgan fingerprint density at radius 2 is 2.56 bits per heavy atom. The summed E-state index contributed by atoms with van der Waals surface area (Å²) in [6.45, 7) is 1.48. The van der Waals surface area contributed by atoms with Crippen molar-refractivity contribution in [3.05, 3.63) is 30.1 Å². The van der Waals surface area contributed by atoms with Gasteiger partial charge in [-0.05, 0) is 12.1 Å². The van der Waals surface area contributed by atoms with Crippen molar-refractivity contribution in [1.82, 2.24) is 4.98 Å². The molecule has 1 radical (unpaired) electrons. The number of hydrogen-bond donors (Lipinski definition) is 0. The number of hydrogen-bond acceptors (Lipinski definition) is 2. The Morgan fingerprint density at radius 1 is 1.78 bits per heavy atom. The first kappa shape index (κ1) is 5.95. The molecule has 0 aliphatic heterocycles. The quantitative estimate of drug-likeness (QED) is 0.519. The monoisotopic (exact) mass is 120 g/mol. The maximum atomic E-state index is 10.6. The molecule has 0 atom stereocenters. The van der Waals surface area contributed by atoms with Gasteiger partial charge in [0.2, 0.25) is 0 Å². The van der Waals surface area contributed by atoms with E-state index in [1.807, 2.05) is 0 Å². The number of pyridine rings is 1. The molecule has 45 valence electrons. The van der Waals surface area contributed by atoms with Crippen LogP contribution in [0.4, 0.5) is 0 Å². The number of ketones is 1. The molecule has 2 nitrogen and oxygen atoms in total. The number of carbonyl (C=O) groups excluding carboxylic acids is 1. The van der Waals surface area contributed by atoms with Crippen molar-refractivity contribution in [2.24, 2.45) is 0 Å². The fourth-order valence-electron chi connectivity index (χ4n) is 0.522. The minimum atomic E-state index is -0.0214. The third-order valence-electron chi connectivity index (χ3n) is 0.971. The minimum Gasteiger partial charge on any atom is -0.293 e. The van der Waals surface area contributed by atoms with Crippen molar-refractivity contribution in [3.8, 4) is 0 Å². The lowest BCUT2D eigenvalue weighted by atomic mass is 10.3. The van der Waals surface area contributed by atoms with Gasteiger partial charge in [0.05, 0.1) is 6.20 Å². The van der Waals surface area contributed by atoms with Crippen LogP contribution >= 0.6 is 0 Å². The molecule has 1 rings (SSSR count). The van der Waals surface area contributed by atoms with E-state index in [2.05, 4.69) is 11.2 Å². The second-order valence-corrected chi connectivity index (χ2v) is 1.71. The Labute approximate surface area is 53.5 Å². The molecule has 0 aromatic carbocycles. The summed E-state index contributed by atoms with van der Waals surface area (Å²) in [6, 6.07) is 5.06. The molecule has 0 bridgehead atoms. The first-order valence-electron chi connectivity index (χ1n) is 2.65. The van der Waals surface area contributed by atoms with E-state index in [9.17, 15) is 4.79 Å². The third kappa shape index (κ3) is 1.35. The number of carbonyl (C=O) groups is 1. The Balaban J connectivity index is 2.98. The molecule has 0 N–H and O–H groups in total. The number of aromatic nitrogens is 1. The van der Waals surface area contributed by atoms with Gasteiger partial charge in [-0.25, -0.2) is 4.98 Å². The van der Waals surface area contributed by atoms with Gasteiger partial charge in [-0.15, -0.1) is 0 Å². The molecule has 0 spiro atoms. The lowest BCUT2D eigenvalue weighted by molar-refractivity contribution is 0.101. The van der Waals surface area contributed by atoms with Crippen molar-refractivity contribution in [3.63, 3.8) is 0 Å². The second kappa shape index (κ2) is 2.40. The standard InChI is InChI=1S/C7H6NO/c1-6(9)7-4-2-3-5-8-7/h2-4H,1H3. The van der Waals surface area contributed by atoms with Crippen LogP contribution in [0.1, 0.15) is 17.4 Å². The topological polar surface area (TPSA) is 30.0 Å². The molecule has 1 heterocycles. The van der Waals surface area contributed by atoms with Crippen molar-refractivity contribution in [2.75, 3.05) is 0 Å². The van der Waals surface area contributed by atoms with Crippen molar-refractivity contribution >= 4 is 5.78 Å². The van der Waals surface area contributed by atoms with Crippen molar-refractivity contribution in [2.45, 2.75) is 6.92 Å². The van der Waals surface area contributed by atoms with Gasteiger partial charge in [0, 0.05) is 6.92 Å². The predicted octanol–water partition coefficient (Wildman–Crippen LogP) is 1.08. The smallest absolute Gasteiger partial charge is 0.178 e. The largest absolute Gasteiger partial charge is 0.293 e. The zero-order valence-electron chi connectivity index (χ0n) is 5.09. The number of rotatable bonds is 1. The molecule has 0 aliphatic rings. The molecule has 1 aromatic rings. The van der Waals surface area contributed by atoms with Crippen LogP contribution in [0.5, 0.6) is 0 Å². The zero-order chi connectivity index (χ0) is 6.69. The summed E-state index contributed by atoms with van der Waals surface area (Å²) in [5.41, 5.74) is 0.470. The van der Waals surface area contributed by atoms with Crippen molar-refractivity contribution < 1.29 is 4.79 Å². The highest BCUT2D eigenvalue weighted by atomic mass is 16.1. The highest BCUT2D eigenvalue weighted by Gasteiger charge is 1.95. The molecular formula is C7H6NO. The molecule has 9 heavy (non-hydrogen) atoms. The fraction of sp³-hybridized carbons (Fsp3) is 0.143. The summed E-state index contributed by atoms with van der Waals surface area (Å²) < 4.78 is 0. The summed E-state index contributed by atoms with van der Waals surface area (Å²) in [4.78, 5) is 14.3.